The molecule has 0 N–H and O–H groups in total. The standard InChI is InChI=1S/C18H25ClN2/c1-10(2)15-11(3)20-17(21-16(15)19)18-7-12-4-13(8-18)6-14(5-12)9-18/h10,12-14H,4-9H2,1-3H3. The van der Waals surface area contributed by atoms with Gasteiger partial charge >= 0.3 is 0 Å². The lowest BCUT2D eigenvalue weighted by Crippen LogP contribution is -2.49. The molecule has 21 heavy (non-hydrogen) atoms. The van der Waals surface area contributed by atoms with Crippen molar-refractivity contribution in [3.05, 3.63) is 22.2 Å². The van der Waals surface area contributed by atoms with E-state index in [1.165, 1.54) is 38.5 Å². The molecule has 0 radical (unpaired) electrons. The van der Waals surface area contributed by atoms with Crippen molar-refractivity contribution in [1.82, 2.24) is 9.97 Å². The van der Waals surface area contributed by atoms with E-state index in [-0.39, 0.29) is 5.41 Å². The van der Waals surface area contributed by atoms with Crippen LogP contribution in [0.5, 0.6) is 0 Å². The third-order valence-electron chi connectivity index (χ3n) is 6.18. The lowest BCUT2D eigenvalue weighted by Gasteiger charge is -2.56. The molecule has 0 aromatic carbocycles. The van der Waals surface area contributed by atoms with Crippen molar-refractivity contribution in [2.45, 2.75) is 70.6 Å². The average Bonchev–Trinajstić information content (AvgIpc) is 2.35. The Bertz CT molecular complexity index is 520. The summed E-state index contributed by atoms with van der Waals surface area (Å²) in [6, 6.07) is 0. The van der Waals surface area contributed by atoms with Gasteiger partial charge in [0.05, 0.1) is 0 Å². The van der Waals surface area contributed by atoms with Crippen LogP contribution in [0.3, 0.4) is 0 Å². The van der Waals surface area contributed by atoms with Gasteiger partial charge in [0.2, 0.25) is 0 Å². The molecule has 0 unspecified atom stereocenters. The third kappa shape index (κ3) is 2.13. The van der Waals surface area contributed by atoms with Crippen LogP contribution in [-0.4, -0.2) is 9.97 Å². The molecule has 0 saturated heterocycles. The van der Waals surface area contributed by atoms with Gasteiger partial charge in [-0.15, -0.1) is 0 Å². The van der Waals surface area contributed by atoms with Crippen molar-refractivity contribution < 1.29 is 0 Å². The Morgan fingerprint density at radius 1 is 1.00 bits per heavy atom. The second-order valence-electron chi connectivity index (χ2n) is 8.19. The van der Waals surface area contributed by atoms with E-state index in [1.54, 1.807) is 0 Å². The Morgan fingerprint density at radius 3 is 1.95 bits per heavy atom. The maximum Gasteiger partial charge on any atom is 0.136 e. The average molecular weight is 305 g/mol. The zero-order valence-electron chi connectivity index (χ0n) is 13.3. The lowest BCUT2D eigenvalue weighted by molar-refractivity contribution is -0.00949. The van der Waals surface area contributed by atoms with Crippen LogP contribution in [0.15, 0.2) is 0 Å². The predicted molar refractivity (Wildman–Crippen MR) is 85.7 cm³/mol. The molecule has 0 atom stereocenters. The Hall–Kier alpha value is -0.630. The summed E-state index contributed by atoms with van der Waals surface area (Å²) in [6.45, 7) is 6.44. The third-order valence-corrected chi connectivity index (χ3v) is 6.47. The number of hydrogen-bond acceptors (Lipinski definition) is 2. The van der Waals surface area contributed by atoms with Crippen LogP contribution in [0.4, 0.5) is 0 Å². The summed E-state index contributed by atoms with van der Waals surface area (Å²) in [4.78, 5) is 9.75. The molecule has 1 aromatic heterocycles. The van der Waals surface area contributed by atoms with Gasteiger partial charge < -0.3 is 0 Å². The molecular formula is C18H25ClN2. The van der Waals surface area contributed by atoms with E-state index in [0.29, 0.717) is 11.1 Å². The molecule has 4 fully saturated rings. The maximum atomic E-state index is 6.52. The van der Waals surface area contributed by atoms with E-state index in [9.17, 15) is 0 Å². The summed E-state index contributed by atoms with van der Waals surface area (Å²) >= 11 is 6.52. The molecule has 0 aliphatic heterocycles. The highest BCUT2D eigenvalue weighted by Crippen LogP contribution is 2.60. The van der Waals surface area contributed by atoms with Gasteiger partial charge in [-0.2, -0.15) is 0 Å². The van der Waals surface area contributed by atoms with Gasteiger partial charge in [-0.05, 0) is 69.1 Å². The summed E-state index contributed by atoms with van der Waals surface area (Å²) in [5.41, 5.74) is 2.47. The van der Waals surface area contributed by atoms with E-state index >= 15 is 0 Å². The fourth-order valence-corrected chi connectivity index (χ4v) is 6.26. The van der Waals surface area contributed by atoms with E-state index in [4.69, 9.17) is 21.6 Å². The van der Waals surface area contributed by atoms with E-state index in [1.807, 2.05) is 0 Å². The van der Waals surface area contributed by atoms with Crippen LogP contribution in [0, 0.1) is 24.7 Å². The smallest absolute Gasteiger partial charge is 0.136 e. The maximum absolute atomic E-state index is 6.52. The molecule has 1 aromatic rings. The number of aromatic nitrogens is 2. The van der Waals surface area contributed by atoms with E-state index in [0.717, 1.165) is 34.8 Å². The van der Waals surface area contributed by atoms with Crippen LogP contribution in [0.2, 0.25) is 5.15 Å². The largest absolute Gasteiger partial charge is 0.237 e. The van der Waals surface area contributed by atoms with E-state index < -0.39 is 0 Å². The molecule has 4 aliphatic rings. The minimum Gasteiger partial charge on any atom is -0.237 e. The number of rotatable bonds is 2. The molecule has 4 aliphatic carbocycles. The van der Waals surface area contributed by atoms with Gasteiger partial charge in [0.1, 0.15) is 11.0 Å². The Morgan fingerprint density at radius 2 is 1.52 bits per heavy atom. The molecular weight excluding hydrogens is 280 g/mol. The summed E-state index contributed by atoms with van der Waals surface area (Å²) < 4.78 is 0. The molecule has 4 bridgehead atoms. The predicted octanol–water partition coefficient (Wildman–Crippen LogP) is 5.03. The lowest BCUT2D eigenvalue weighted by atomic mass is 9.49. The number of hydrogen-bond donors (Lipinski definition) is 0. The molecule has 114 valence electrons. The molecule has 4 saturated carbocycles. The molecule has 1 heterocycles. The van der Waals surface area contributed by atoms with Crippen LogP contribution in [-0.2, 0) is 5.41 Å². The van der Waals surface area contributed by atoms with Gasteiger partial charge in [0, 0.05) is 16.7 Å². The van der Waals surface area contributed by atoms with Crippen LogP contribution in [0.1, 0.15) is 75.4 Å². The van der Waals surface area contributed by atoms with Crippen molar-refractivity contribution >= 4 is 11.6 Å². The summed E-state index contributed by atoms with van der Waals surface area (Å²) in [7, 11) is 0. The van der Waals surface area contributed by atoms with Crippen molar-refractivity contribution in [3.63, 3.8) is 0 Å². The molecule has 0 spiro atoms. The minimum atomic E-state index is 0.249. The first kappa shape index (κ1) is 14.0. The molecule has 5 rings (SSSR count). The summed E-state index contributed by atoms with van der Waals surface area (Å²) in [6.07, 6.45) is 8.27. The summed E-state index contributed by atoms with van der Waals surface area (Å²) in [5.74, 6) is 4.22. The van der Waals surface area contributed by atoms with Crippen molar-refractivity contribution in [2.24, 2.45) is 17.8 Å². The van der Waals surface area contributed by atoms with Gasteiger partial charge in [0.25, 0.3) is 0 Å². The Kier molecular flexibility index (Phi) is 3.12. The van der Waals surface area contributed by atoms with Gasteiger partial charge in [-0.3, -0.25) is 0 Å². The first-order valence-electron chi connectivity index (χ1n) is 8.51. The Balaban J connectivity index is 1.77. The van der Waals surface area contributed by atoms with E-state index in [2.05, 4.69) is 20.8 Å². The van der Waals surface area contributed by atoms with Crippen molar-refractivity contribution in [2.75, 3.05) is 0 Å². The topological polar surface area (TPSA) is 25.8 Å². The minimum absolute atomic E-state index is 0.249. The van der Waals surface area contributed by atoms with Gasteiger partial charge in [-0.25, -0.2) is 9.97 Å². The Labute approximate surface area is 132 Å². The first-order chi connectivity index (χ1) is 9.97. The highest BCUT2D eigenvalue weighted by molar-refractivity contribution is 6.30. The second kappa shape index (κ2) is 4.68. The fraction of sp³-hybridized carbons (Fsp3) is 0.778. The highest BCUT2D eigenvalue weighted by atomic mass is 35.5. The van der Waals surface area contributed by atoms with Crippen molar-refractivity contribution in [3.8, 4) is 0 Å². The first-order valence-corrected chi connectivity index (χ1v) is 8.89. The number of halogens is 1. The quantitative estimate of drug-likeness (QED) is 0.716. The van der Waals surface area contributed by atoms with Crippen molar-refractivity contribution in [1.29, 1.82) is 0 Å². The second-order valence-corrected chi connectivity index (χ2v) is 8.55. The number of aryl methyl sites for hydroxylation is 1. The summed E-state index contributed by atoms with van der Waals surface area (Å²) in [5, 5.41) is 0.697. The number of nitrogens with zero attached hydrogens (tertiary/aromatic N) is 2. The van der Waals surface area contributed by atoms with Gasteiger partial charge in [0.15, 0.2) is 0 Å². The zero-order valence-corrected chi connectivity index (χ0v) is 14.1. The zero-order chi connectivity index (χ0) is 14.8. The van der Waals surface area contributed by atoms with Crippen LogP contribution < -0.4 is 0 Å². The normalized spacial score (nSPS) is 37.5. The SMILES string of the molecule is Cc1nc(C23CC4CC(CC(C4)C2)C3)nc(Cl)c1C(C)C. The highest BCUT2D eigenvalue weighted by Gasteiger charge is 2.53. The van der Waals surface area contributed by atoms with Crippen LogP contribution >= 0.6 is 11.6 Å². The van der Waals surface area contributed by atoms with Gasteiger partial charge in [-0.1, -0.05) is 25.4 Å². The molecule has 3 heteroatoms. The monoisotopic (exact) mass is 304 g/mol. The molecule has 2 nitrogen and oxygen atoms in total. The van der Waals surface area contributed by atoms with Crippen LogP contribution in [0.25, 0.3) is 0 Å². The fourth-order valence-electron chi connectivity index (χ4n) is 5.82. The molecule has 0 amide bonds.